The van der Waals surface area contributed by atoms with Gasteiger partial charge in [-0.1, -0.05) is 0 Å². The van der Waals surface area contributed by atoms with Gasteiger partial charge in [-0.15, -0.1) is 0 Å². The van der Waals surface area contributed by atoms with Crippen molar-refractivity contribution < 1.29 is 0 Å². The number of rotatable bonds is 0. The van der Waals surface area contributed by atoms with Gasteiger partial charge in [0.1, 0.15) is 0 Å². The van der Waals surface area contributed by atoms with Gasteiger partial charge in [-0.25, -0.2) is 0 Å². The Bertz CT molecular complexity index is 952. The number of nitrogens with zero attached hydrogens (tertiary/aromatic N) is 2. The molecule has 0 aliphatic heterocycles. The minimum atomic E-state index is 0.0757. The van der Waals surface area contributed by atoms with Crippen LogP contribution in [0.3, 0.4) is 0 Å². The van der Waals surface area contributed by atoms with Crippen LogP contribution in [0.15, 0.2) is 53.5 Å². The number of fused-ring (bicyclic) bond motifs is 4. The Morgan fingerprint density at radius 3 is 2.83 bits per heavy atom. The van der Waals surface area contributed by atoms with Crippen LogP contribution in [0.4, 0.5) is 0 Å². The molecule has 0 aliphatic rings. The van der Waals surface area contributed by atoms with Crippen molar-refractivity contribution in [2.45, 2.75) is 0 Å². The van der Waals surface area contributed by atoms with Crippen LogP contribution < -0.4 is 5.56 Å². The molecule has 3 heterocycles. The molecule has 3 nitrogen and oxygen atoms in total. The van der Waals surface area contributed by atoms with E-state index in [1.807, 2.05) is 30.3 Å². The van der Waals surface area contributed by atoms with Crippen LogP contribution in [0.5, 0.6) is 0 Å². The summed E-state index contributed by atoms with van der Waals surface area (Å²) in [5.41, 5.74) is 1.67. The van der Waals surface area contributed by atoms with E-state index in [-0.39, 0.29) is 20.1 Å². The Morgan fingerprint density at radius 1 is 1.06 bits per heavy atom. The van der Waals surface area contributed by atoms with Crippen molar-refractivity contribution in [2.24, 2.45) is 0 Å². The Kier molecular flexibility index (Phi) is 1.98. The van der Waals surface area contributed by atoms with Crippen molar-refractivity contribution >= 4 is 39.6 Å². The summed E-state index contributed by atoms with van der Waals surface area (Å²) in [6.07, 6.45) is 1.78. The Hall–Kier alpha value is -1.90. The van der Waals surface area contributed by atoms with E-state index >= 15 is 0 Å². The monoisotopic (exact) mass is 300 g/mol. The average Bonchev–Trinajstić information content (AvgIpc) is 2.79. The van der Waals surface area contributed by atoms with Gasteiger partial charge in [0.25, 0.3) is 0 Å². The summed E-state index contributed by atoms with van der Waals surface area (Å²) in [5.74, 6) is 0. The normalized spacial score (nSPS) is 11.6. The summed E-state index contributed by atoms with van der Waals surface area (Å²) in [7, 11) is 0. The number of hydrogen-bond acceptors (Lipinski definition) is 2. The van der Waals surface area contributed by atoms with Gasteiger partial charge in [-0.2, -0.15) is 0 Å². The van der Waals surface area contributed by atoms with Gasteiger partial charge < -0.3 is 0 Å². The predicted molar refractivity (Wildman–Crippen MR) is 73.4 cm³/mol. The molecule has 4 rings (SSSR count). The van der Waals surface area contributed by atoms with Gasteiger partial charge in [-0.05, 0) is 0 Å². The zero-order valence-electron chi connectivity index (χ0n) is 9.33. The molecule has 4 aromatic rings. The van der Waals surface area contributed by atoms with Crippen LogP contribution in [-0.4, -0.2) is 23.9 Å². The fourth-order valence-corrected chi connectivity index (χ4v) is 4.47. The molecular formula is C14H8N2OSe. The van der Waals surface area contributed by atoms with Crippen molar-refractivity contribution in [2.75, 3.05) is 0 Å². The maximum atomic E-state index is 12.4. The van der Waals surface area contributed by atoms with Crippen LogP contribution in [0.25, 0.3) is 25.1 Å². The third-order valence-electron chi connectivity index (χ3n) is 3.05. The average molecular weight is 299 g/mol. The molecule has 86 valence electrons. The van der Waals surface area contributed by atoms with E-state index in [1.165, 1.54) is 4.26 Å². The zero-order chi connectivity index (χ0) is 12.1. The fourth-order valence-electron chi connectivity index (χ4n) is 2.21. The van der Waals surface area contributed by atoms with Gasteiger partial charge in [0, 0.05) is 0 Å². The molecule has 0 fully saturated rings. The van der Waals surface area contributed by atoms with E-state index < -0.39 is 0 Å². The fraction of sp³-hybridized carbons (Fsp3) is 0. The molecule has 0 radical (unpaired) electrons. The van der Waals surface area contributed by atoms with E-state index in [2.05, 4.69) is 17.1 Å². The molecule has 0 unspecified atom stereocenters. The molecule has 0 saturated heterocycles. The molecule has 0 bridgehead atoms. The van der Waals surface area contributed by atoms with Crippen molar-refractivity contribution in [3.63, 3.8) is 0 Å². The van der Waals surface area contributed by atoms with Crippen molar-refractivity contribution in [1.82, 2.24) is 9.38 Å². The first-order valence-electron chi connectivity index (χ1n) is 5.63. The third-order valence-corrected chi connectivity index (χ3v) is 5.46. The summed E-state index contributed by atoms with van der Waals surface area (Å²) in [5, 5.41) is 1.12. The van der Waals surface area contributed by atoms with Gasteiger partial charge in [0.05, 0.1) is 0 Å². The first kappa shape index (κ1) is 10.1. The van der Waals surface area contributed by atoms with Crippen molar-refractivity contribution in [3.8, 4) is 0 Å². The molecule has 0 N–H and O–H groups in total. The minimum absolute atomic E-state index is 0.0757. The third kappa shape index (κ3) is 1.24. The van der Waals surface area contributed by atoms with E-state index in [9.17, 15) is 4.79 Å². The predicted octanol–water partition coefficient (Wildman–Crippen LogP) is 2.06. The van der Waals surface area contributed by atoms with Gasteiger partial charge in [0.2, 0.25) is 0 Å². The number of pyridine rings is 1. The number of hydrogen-bond donors (Lipinski definition) is 0. The molecule has 3 aromatic heterocycles. The molecule has 1 aromatic carbocycles. The first-order chi connectivity index (χ1) is 8.84. The van der Waals surface area contributed by atoms with Crippen LogP contribution in [-0.2, 0) is 0 Å². The van der Waals surface area contributed by atoms with Gasteiger partial charge >= 0.3 is 108 Å². The van der Waals surface area contributed by atoms with E-state index in [1.54, 1.807) is 10.6 Å². The Morgan fingerprint density at radius 2 is 1.89 bits per heavy atom. The van der Waals surface area contributed by atoms with E-state index in [4.69, 9.17) is 0 Å². The molecule has 0 aliphatic carbocycles. The molecule has 0 saturated carbocycles. The van der Waals surface area contributed by atoms with E-state index in [0.717, 1.165) is 15.2 Å². The number of benzene rings is 1. The second-order valence-corrected chi connectivity index (χ2v) is 6.33. The summed E-state index contributed by atoms with van der Waals surface area (Å²) < 4.78 is 3.75. The second-order valence-electron chi connectivity index (χ2n) is 4.12. The van der Waals surface area contributed by atoms with Crippen LogP contribution in [0, 0.1) is 0 Å². The van der Waals surface area contributed by atoms with Gasteiger partial charge in [-0.3, -0.25) is 0 Å². The second kappa shape index (κ2) is 3.54. The summed E-state index contributed by atoms with van der Waals surface area (Å²) in [6.45, 7) is 0. The Labute approximate surface area is 108 Å². The quantitative estimate of drug-likeness (QED) is 0.466. The first-order valence-corrected chi connectivity index (χ1v) is 7.34. The SMILES string of the molecule is O=c1c2[se]c3ccccc3c2nc2ccccn12. The van der Waals surface area contributed by atoms with Crippen molar-refractivity contribution in [3.05, 3.63) is 59.0 Å². The molecule has 18 heavy (non-hydrogen) atoms. The molecule has 0 spiro atoms. The van der Waals surface area contributed by atoms with Crippen LogP contribution in [0.2, 0.25) is 0 Å². The summed E-state index contributed by atoms with van der Waals surface area (Å²) in [6, 6.07) is 13.8. The van der Waals surface area contributed by atoms with Gasteiger partial charge in [0.15, 0.2) is 0 Å². The zero-order valence-corrected chi connectivity index (χ0v) is 11.0. The topological polar surface area (TPSA) is 34.4 Å². The molecule has 0 amide bonds. The standard InChI is InChI=1S/C14H8N2OSe/c17-14-13-12(9-5-1-2-6-10(9)18-13)15-11-7-3-4-8-16(11)14/h1-8H. The molecule has 0 atom stereocenters. The van der Waals surface area contributed by atoms with E-state index in [0.29, 0.717) is 5.65 Å². The maximum absolute atomic E-state index is 12.4. The van der Waals surface area contributed by atoms with Crippen LogP contribution >= 0.6 is 0 Å². The van der Waals surface area contributed by atoms with Crippen molar-refractivity contribution in [1.29, 1.82) is 0 Å². The number of aromatic nitrogens is 2. The molecular weight excluding hydrogens is 291 g/mol. The molecule has 4 heteroatoms. The summed E-state index contributed by atoms with van der Waals surface area (Å²) >= 11 is 0.0764. The summed E-state index contributed by atoms with van der Waals surface area (Å²) in [4.78, 5) is 17.1. The Balaban J connectivity index is 2.38. The van der Waals surface area contributed by atoms with Crippen LogP contribution in [0.1, 0.15) is 0 Å².